The van der Waals surface area contributed by atoms with Gasteiger partial charge in [0.2, 0.25) is 10.0 Å². The van der Waals surface area contributed by atoms with E-state index in [1.807, 2.05) is 26.0 Å². The molecule has 0 bridgehead atoms. The van der Waals surface area contributed by atoms with Gasteiger partial charge in [0.15, 0.2) is 0 Å². The lowest BCUT2D eigenvalue weighted by Gasteiger charge is -2.45. The molecule has 1 aromatic carbocycles. The van der Waals surface area contributed by atoms with E-state index >= 15 is 0 Å². The fourth-order valence-corrected chi connectivity index (χ4v) is 13.0. The van der Waals surface area contributed by atoms with E-state index in [0.29, 0.717) is 28.1 Å². The van der Waals surface area contributed by atoms with Gasteiger partial charge >= 0.3 is 0 Å². The normalized spacial score (nSPS) is 24.7. The number of benzene rings is 1. The van der Waals surface area contributed by atoms with Crippen molar-refractivity contribution in [2.24, 2.45) is 11.8 Å². The Morgan fingerprint density at radius 1 is 0.938 bits per heavy atom. The third kappa shape index (κ3) is 4.26. The van der Waals surface area contributed by atoms with Gasteiger partial charge < -0.3 is 4.43 Å². The number of allylic oxidation sites excluding steroid dienone is 2. The highest BCUT2D eigenvalue weighted by Crippen LogP contribution is 2.48. The van der Waals surface area contributed by atoms with Gasteiger partial charge in [-0.05, 0) is 60.2 Å². The van der Waals surface area contributed by atoms with Gasteiger partial charge in [-0.3, -0.25) is 0 Å². The molecule has 3 rings (SSSR count). The first kappa shape index (κ1) is 25.3. The van der Waals surface area contributed by atoms with Gasteiger partial charge in [0.1, 0.15) is 0 Å². The number of hydrogen-bond acceptors (Lipinski definition) is 3. The molecule has 3 atom stereocenters. The zero-order valence-electron chi connectivity index (χ0n) is 21.2. The fourth-order valence-electron chi connectivity index (χ4n) is 6.03. The zero-order chi connectivity index (χ0) is 24.0. The molecule has 178 valence electrons. The summed E-state index contributed by atoms with van der Waals surface area (Å²) in [6.45, 7) is 20.4. The standard InChI is InChI=1S/C26H41NO3SSi/c1-17(2)32(18(3)4,19(5)6)30-25-15-21(8)14-23-16-27(22(9)26(23)25)31(28,29)24-12-10-20(7)11-13-24/h10-15,17-19,21-22,26H,16H2,1-9H3/t21-,22-,26-/m1/s1. The summed E-state index contributed by atoms with van der Waals surface area (Å²) in [5.74, 6) is 1.24. The second-order valence-electron chi connectivity index (χ2n) is 10.7. The topological polar surface area (TPSA) is 46.6 Å². The van der Waals surface area contributed by atoms with Crippen LogP contribution in [0.4, 0.5) is 0 Å². The maximum absolute atomic E-state index is 13.5. The summed E-state index contributed by atoms with van der Waals surface area (Å²) in [6, 6.07) is 6.99. The smallest absolute Gasteiger partial charge is 0.258 e. The van der Waals surface area contributed by atoms with Gasteiger partial charge in [-0.2, -0.15) is 4.31 Å². The molecule has 0 spiro atoms. The molecule has 32 heavy (non-hydrogen) atoms. The molecule has 0 amide bonds. The molecule has 2 aliphatic rings. The van der Waals surface area contributed by atoms with Gasteiger partial charge in [-0.15, -0.1) is 0 Å². The van der Waals surface area contributed by atoms with Crippen molar-refractivity contribution in [3.63, 3.8) is 0 Å². The van der Waals surface area contributed by atoms with Crippen LogP contribution >= 0.6 is 0 Å². The van der Waals surface area contributed by atoms with Crippen molar-refractivity contribution in [3.8, 4) is 0 Å². The van der Waals surface area contributed by atoms with Crippen LogP contribution in [0.5, 0.6) is 0 Å². The average Bonchev–Trinajstić information content (AvgIpc) is 3.02. The molecule has 0 aromatic heterocycles. The van der Waals surface area contributed by atoms with Crippen LogP contribution in [0.25, 0.3) is 0 Å². The van der Waals surface area contributed by atoms with Crippen LogP contribution in [0, 0.1) is 18.8 Å². The molecular weight excluding hydrogens is 434 g/mol. The molecule has 1 aliphatic heterocycles. The van der Waals surface area contributed by atoms with Gasteiger partial charge in [0.25, 0.3) is 8.32 Å². The highest BCUT2D eigenvalue weighted by atomic mass is 32.2. The van der Waals surface area contributed by atoms with E-state index in [0.717, 1.165) is 11.3 Å². The summed E-state index contributed by atoms with van der Waals surface area (Å²) in [7, 11) is -5.71. The van der Waals surface area contributed by atoms with Crippen LogP contribution in [-0.2, 0) is 14.4 Å². The first-order valence-corrected chi connectivity index (χ1v) is 15.6. The van der Waals surface area contributed by atoms with Gasteiger partial charge in [0, 0.05) is 12.6 Å². The van der Waals surface area contributed by atoms with E-state index in [2.05, 4.69) is 60.6 Å². The van der Waals surface area contributed by atoms with Crippen molar-refractivity contribution in [2.75, 3.05) is 6.54 Å². The van der Waals surface area contributed by atoms with E-state index < -0.39 is 18.3 Å². The molecule has 4 nitrogen and oxygen atoms in total. The second-order valence-corrected chi connectivity index (χ2v) is 17.9. The maximum Gasteiger partial charge on any atom is 0.258 e. The Balaban J connectivity index is 1.99. The molecule has 0 N–H and O–H groups in total. The Kier molecular flexibility index (Phi) is 7.19. The minimum Gasteiger partial charge on any atom is -0.545 e. The van der Waals surface area contributed by atoms with Crippen molar-refractivity contribution < 1.29 is 12.8 Å². The Morgan fingerprint density at radius 2 is 1.47 bits per heavy atom. The van der Waals surface area contributed by atoms with Crippen molar-refractivity contribution in [3.05, 3.63) is 53.3 Å². The van der Waals surface area contributed by atoms with Crippen LogP contribution in [0.1, 0.15) is 61.0 Å². The fraction of sp³-hybridized carbons (Fsp3) is 0.615. The number of hydrogen-bond donors (Lipinski definition) is 0. The quantitative estimate of drug-likeness (QED) is 0.327. The molecule has 6 heteroatoms. The first-order chi connectivity index (χ1) is 14.8. The number of aryl methyl sites for hydroxylation is 1. The highest BCUT2D eigenvalue weighted by molar-refractivity contribution is 7.89. The molecule has 1 heterocycles. The van der Waals surface area contributed by atoms with Crippen molar-refractivity contribution in [1.82, 2.24) is 4.31 Å². The average molecular weight is 476 g/mol. The highest BCUT2D eigenvalue weighted by Gasteiger charge is 2.51. The van der Waals surface area contributed by atoms with Crippen LogP contribution < -0.4 is 0 Å². The van der Waals surface area contributed by atoms with Gasteiger partial charge in [0.05, 0.1) is 16.6 Å². The number of sulfonamides is 1. The minimum atomic E-state index is -3.58. The van der Waals surface area contributed by atoms with E-state index in [9.17, 15) is 8.42 Å². The zero-order valence-corrected chi connectivity index (χ0v) is 23.0. The molecule has 1 aromatic rings. The monoisotopic (exact) mass is 475 g/mol. The van der Waals surface area contributed by atoms with Crippen LogP contribution in [-0.4, -0.2) is 33.6 Å². The SMILES string of the molecule is Cc1ccc(S(=O)(=O)N2CC3=C[C@@H](C)C=C(O[Si](C(C)C)(C(C)C)C(C)C)[C@@H]3[C@H]2C)cc1. The molecule has 0 radical (unpaired) electrons. The molecule has 1 saturated heterocycles. The third-order valence-corrected chi connectivity index (χ3v) is 15.5. The largest absolute Gasteiger partial charge is 0.545 e. The molecule has 1 fully saturated rings. The summed E-state index contributed by atoms with van der Waals surface area (Å²) in [4.78, 5) is 0.365. The predicted octanol–water partition coefficient (Wildman–Crippen LogP) is 6.66. The summed E-state index contributed by atoms with van der Waals surface area (Å²) in [5, 5.41) is 0. The van der Waals surface area contributed by atoms with Crippen LogP contribution in [0.2, 0.25) is 16.6 Å². The molecule has 0 saturated carbocycles. The summed E-state index contributed by atoms with van der Waals surface area (Å²) >= 11 is 0. The van der Waals surface area contributed by atoms with Crippen molar-refractivity contribution >= 4 is 18.3 Å². The lowest BCUT2D eigenvalue weighted by Crippen LogP contribution is -2.49. The second kappa shape index (κ2) is 9.11. The molecule has 0 unspecified atom stereocenters. The van der Waals surface area contributed by atoms with E-state index in [1.165, 1.54) is 5.57 Å². The van der Waals surface area contributed by atoms with Crippen molar-refractivity contribution in [2.45, 2.75) is 89.9 Å². The summed E-state index contributed by atoms with van der Waals surface area (Å²) < 4.78 is 35.9. The Labute approximate surface area is 196 Å². The van der Waals surface area contributed by atoms with E-state index in [1.54, 1.807) is 16.4 Å². The predicted molar refractivity (Wildman–Crippen MR) is 135 cm³/mol. The van der Waals surface area contributed by atoms with Gasteiger partial charge in [-0.1, -0.05) is 72.2 Å². The maximum atomic E-state index is 13.5. The van der Waals surface area contributed by atoms with Crippen molar-refractivity contribution in [1.29, 1.82) is 0 Å². The first-order valence-electron chi connectivity index (χ1n) is 12.0. The molecule has 1 aliphatic carbocycles. The lowest BCUT2D eigenvalue weighted by atomic mass is 9.86. The molecular formula is C26H41NO3SSi. The number of nitrogens with zero attached hydrogens (tertiary/aromatic N) is 1. The van der Waals surface area contributed by atoms with Crippen LogP contribution in [0.3, 0.4) is 0 Å². The van der Waals surface area contributed by atoms with E-state index in [4.69, 9.17) is 4.43 Å². The number of rotatable bonds is 7. The lowest BCUT2D eigenvalue weighted by molar-refractivity contribution is 0.285. The third-order valence-electron chi connectivity index (χ3n) is 7.51. The summed E-state index contributed by atoms with van der Waals surface area (Å²) in [6.07, 6.45) is 4.48. The number of fused-ring (bicyclic) bond motifs is 1. The van der Waals surface area contributed by atoms with E-state index in [-0.39, 0.29) is 17.9 Å². The van der Waals surface area contributed by atoms with Gasteiger partial charge in [-0.25, -0.2) is 8.42 Å². The Bertz CT molecular complexity index is 971. The van der Waals surface area contributed by atoms with Crippen LogP contribution in [0.15, 0.2) is 52.6 Å². The Morgan fingerprint density at radius 3 is 1.97 bits per heavy atom. The summed E-state index contributed by atoms with van der Waals surface area (Å²) in [5.41, 5.74) is 3.64. The minimum absolute atomic E-state index is 0.00505. The Hall–Kier alpha value is -1.37.